The molecule has 5 N–H and O–H groups in total. The van der Waals surface area contributed by atoms with E-state index in [9.17, 15) is 25.7 Å². The predicted octanol–water partition coefficient (Wildman–Crippen LogP) is 2.55. The summed E-state index contributed by atoms with van der Waals surface area (Å²) in [7, 11) is 0. The third kappa shape index (κ3) is 2.60. The van der Waals surface area contributed by atoms with Gasteiger partial charge in [0.1, 0.15) is 11.3 Å². The van der Waals surface area contributed by atoms with Crippen LogP contribution in [0, 0.1) is 34.5 Å². The average Bonchev–Trinajstić information content (AvgIpc) is 2.93. The first-order valence-corrected chi connectivity index (χ1v) is 10.8. The summed E-state index contributed by atoms with van der Waals surface area (Å²) in [6.07, 6.45) is 5.49. The minimum absolute atomic E-state index is 0.00488. The van der Waals surface area contributed by atoms with Crippen LogP contribution >= 0.6 is 0 Å². The predicted molar refractivity (Wildman–Crippen MR) is 108 cm³/mol. The lowest BCUT2D eigenvalue weighted by Crippen LogP contribution is -2.62. The Hall–Kier alpha value is -1.44. The van der Waals surface area contributed by atoms with Gasteiger partial charge in [-0.25, -0.2) is 0 Å². The van der Waals surface area contributed by atoms with Crippen molar-refractivity contribution in [3.8, 4) is 0 Å². The Bertz CT molecular complexity index is 779. The van der Waals surface area contributed by atoms with Gasteiger partial charge < -0.3 is 25.7 Å². The maximum atomic E-state index is 11.5. The van der Waals surface area contributed by atoms with Gasteiger partial charge in [0.2, 0.25) is 0 Å². The molecular weight excluding hydrogens is 372 g/mol. The number of fused-ring (bicyclic) bond motifs is 5. The van der Waals surface area contributed by atoms with E-state index < -0.39 is 23.7 Å². The van der Waals surface area contributed by atoms with E-state index in [2.05, 4.69) is 24.2 Å². The number of rotatable bonds is 2. The van der Waals surface area contributed by atoms with Gasteiger partial charge in [0.05, 0.1) is 18.4 Å². The Kier molecular flexibility index (Phi) is 4.87. The zero-order valence-electron chi connectivity index (χ0n) is 17.5. The number of aliphatic hydroxyl groups excluding tert-OH is 2. The first-order chi connectivity index (χ1) is 13.7. The highest BCUT2D eigenvalue weighted by Crippen LogP contribution is 2.68. The zero-order chi connectivity index (χ0) is 21.2. The van der Waals surface area contributed by atoms with Gasteiger partial charge in [-0.1, -0.05) is 36.7 Å². The van der Waals surface area contributed by atoms with Crippen LogP contribution in [0.25, 0.3) is 0 Å². The molecule has 3 saturated carbocycles. The number of hydrogen-bond donors (Lipinski definition) is 5. The second-order valence-electron chi connectivity index (χ2n) is 10.3. The Balaban J connectivity index is 1.77. The van der Waals surface area contributed by atoms with Crippen LogP contribution in [0.1, 0.15) is 59.3 Å². The van der Waals surface area contributed by atoms with Crippen molar-refractivity contribution >= 4 is 11.4 Å². The van der Waals surface area contributed by atoms with Gasteiger partial charge in [-0.3, -0.25) is 0 Å². The maximum Gasteiger partial charge on any atom is 0.114 e. The molecule has 29 heavy (non-hydrogen) atoms. The fraction of sp³-hybridized carbons (Fsp3) is 0.818. The van der Waals surface area contributed by atoms with Crippen LogP contribution in [0.3, 0.4) is 0 Å². The van der Waals surface area contributed by atoms with E-state index in [0.29, 0.717) is 30.9 Å². The number of allylic oxidation sites excluding steroid dienone is 2. The molecule has 0 heterocycles. The van der Waals surface area contributed by atoms with Gasteiger partial charge in [-0.05, 0) is 73.7 Å². The summed E-state index contributed by atoms with van der Waals surface area (Å²) in [5.41, 5.74) is -0.243. The fourth-order valence-electron chi connectivity index (χ4n) is 7.93. The van der Waals surface area contributed by atoms with Crippen LogP contribution < -0.4 is 0 Å². The molecule has 4 aliphatic rings. The summed E-state index contributed by atoms with van der Waals surface area (Å²) in [4.78, 5) is 0. The number of oxime groups is 2. The maximum absolute atomic E-state index is 11.5. The van der Waals surface area contributed by atoms with Crippen molar-refractivity contribution in [2.24, 2.45) is 44.8 Å². The third-order valence-electron chi connectivity index (χ3n) is 9.26. The minimum Gasteiger partial charge on any atom is -0.411 e. The van der Waals surface area contributed by atoms with Crippen LogP contribution in [0.5, 0.6) is 0 Å². The smallest absolute Gasteiger partial charge is 0.114 e. The monoisotopic (exact) mass is 406 g/mol. The fourth-order valence-corrected chi connectivity index (χ4v) is 7.93. The average molecular weight is 407 g/mol. The normalized spacial score (nSPS) is 51.2. The SMILES string of the molecule is C[C@H]1C[C@@H]2[C@H]([C@@H](O)C[C@@]3(C)[C@H]2CC[C@]3(O)/C(CO)=N/O)[C@@]2(C)CCC(=NO)C=C12. The summed E-state index contributed by atoms with van der Waals surface area (Å²) in [6, 6.07) is 0. The van der Waals surface area contributed by atoms with E-state index >= 15 is 0 Å². The highest BCUT2D eigenvalue weighted by atomic mass is 16.4. The van der Waals surface area contributed by atoms with Crippen LogP contribution in [0.4, 0.5) is 0 Å². The van der Waals surface area contributed by atoms with Crippen molar-refractivity contribution in [2.45, 2.75) is 71.0 Å². The Morgan fingerprint density at radius 1 is 1.24 bits per heavy atom. The summed E-state index contributed by atoms with van der Waals surface area (Å²) in [6.45, 7) is 5.93. The molecule has 0 amide bonds. The molecule has 162 valence electrons. The molecule has 0 saturated heterocycles. The van der Waals surface area contributed by atoms with Crippen molar-refractivity contribution < 1.29 is 25.7 Å². The lowest BCUT2D eigenvalue weighted by molar-refractivity contribution is -0.157. The molecule has 3 fully saturated rings. The summed E-state index contributed by atoms with van der Waals surface area (Å²) >= 11 is 0. The van der Waals surface area contributed by atoms with E-state index in [1.807, 2.05) is 13.0 Å². The first-order valence-electron chi connectivity index (χ1n) is 10.8. The number of nitrogens with zero attached hydrogens (tertiary/aromatic N) is 2. The second-order valence-corrected chi connectivity index (χ2v) is 10.3. The van der Waals surface area contributed by atoms with Gasteiger partial charge in [0.15, 0.2) is 0 Å². The van der Waals surface area contributed by atoms with E-state index in [0.717, 1.165) is 19.3 Å². The molecule has 0 spiro atoms. The van der Waals surface area contributed by atoms with E-state index in [1.54, 1.807) is 0 Å². The lowest BCUT2D eigenvalue weighted by atomic mass is 9.44. The topological polar surface area (TPSA) is 126 Å². The molecular formula is C22H34N2O5. The van der Waals surface area contributed by atoms with E-state index in [4.69, 9.17) is 0 Å². The van der Waals surface area contributed by atoms with Crippen molar-refractivity contribution in [3.05, 3.63) is 11.6 Å². The molecule has 0 aliphatic heterocycles. The van der Waals surface area contributed by atoms with Crippen molar-refractivity contribution in [1.29, 1.82) is 0 Å². The van der Waals surface area contributed by atoms with E-state index in [1.165, 1.54) is 5.57 Å². The quantitative estimate of drug-likeness (QED) is 0.274. The Labute approximate surface area is 171 Å². The lowest BCUT2D eigenvalue weighted by Gasteiger charge is -2.62. The van der Waals surface area contributed by atoms with Crippen LogP contribution in [-0.4, -0.2) is 55.5 Å². The molecule has 0 radical (unpaired) electrons. The van der Waals surface area contributed by atoms with Crippen molar-refractivity contribution in [2.75, 3.05) is 6.61 Å². The van der Waals surface area contributed by atoms with Gasteiger partial charge in [0, 0.05) is 5.41 Å². The molecule has 0 bridgehead atoms. The molecule has 7 heteroatoms. The summed E-state index contributed by atoms with van der Waals surface area (Å²) in [5, 5.41) is 58.0. The second kappa shape index (κ2) is 6.79. The van der Waals surface area contributed by atoms with Crippen LogP contribution in [-0.2, 0) is 0 Å². The molecule has 0 aromatic rings. The molecule has 4 rings (SSSR count). The Morgan fingerprint density at radius 3 is 2.59 bits per heavy atom. The largest absolute Gasteiger partial charge is 0.411 e. The molecule has 8 atom stereocenters. The van der Waals surface area contributed by atoms with Gasteiger partial charge in [0.25, 0.3) is 0 Å². The number of aliphatic hydroxyl groups is 3. The highest BCUT2D eigenvalue weighted by molar-refractivity contribution is 5.96. The molecule has 0 aromatic heterocycles. The molecule has 0 aromatic carbocycles. The van der Waals surface area contributed by atoms with Crippen molar-refractivity contribution in [1.82, 2.24) is 0 Å². The zero-order valence-corrected chi connectivity index (χ0v) is 17.5. The number of hydrogen-bond acceptors (Lipinski definition) is 7. The highest BCUT2D eigenvalue weighted by Gasteiger charge is 2.68. The Morgan fingerprint density at radius 2 is 1.97 bits per heavy atom. The standard InChI is InChI=1S/C22H34N2O5/c1-12-8-14-15-5-7-22(27,18(11-25)24-29)21(15,3)10-17(26)19(14)20(2)6-4-13(23-28)9-16(12)20/h9,12,14-15,17,19,25-29H,4-8,10-11H2,1-3H3/b23-13?,24-18+/t12-,14-,15-,17-,19+,20-,21-,22-/m0/s1. The summed E-state index contributed by atoms with van der Waals surface area (Å²) in [5.74, 6) is 0.790. The van der Waals surface area contributed by atoms with E-state index in [-0.39, 0.29) is 28.9 Å². The minimum atomic E-state index is -1.41. The first kappa shape index (κ1) is 20.8. The van der Waals surface area contributed by atoms with Crippen LogP contribution in [0.2, 0.25) is 0 Å². The molecule has 7 nitrogen and oxygen atoms in total. The van der Waals surface area contributed by atoms with Crippen molar-refractivity contribution in [3.63, 3.8) is 0 Å². The third-order valence-corrected chi connectivity index (χ3v) is 9.26. The summed E-state index contributed by atoms with van der Waals surface area (Å²) < 4.78 is 0. The van der Waals surface area contributed by atoms with Crippen LogP contribution in [0.15, 0.2) is 22.0 Å². The molecule has 0 unspecified atom stereocenters. The van der Waals surface area contributed by atoms with Gasteiger partial charge in [-0.2, -0.15) is 0 Å². The van der Waals surface area contributed by atoms with Gasteiger partial charge >= 0.3 is 0 Å². The van der Waals surface area contributed by atoms with Gasteiger partial charge in [-0.15, -0.1) is 0 Å². The molecule has 4 aliphatic carbocycles.